The van der Waals surface area contributed by atoms with Gasteiger partial charge < -0.3 is 30.2 Å². The van der Waals surface area contributed by atoms with E-state index in [0.717, 1.165) is 22.3 Å². The first kappa shape index (κ1) is 33.2. The van der Waals surface area contributed by atoms with Gasteiger partial charge in [0.15, 0.2) is 0 Å². The van der Waals surface area contributed by atoms with Crippen molar-refractivity contribution in [1.29, 1.82) is 0 Å². The van der Waals surface area contributed by atoms with Crippen molar-refractivity contribution in [3.63, 3.8) is 0 Å². The van der Waals surface area contributed by atoms with Crippen LogP contribution in [0.4, 0.5) is 9.59 Å². The van der Waals surface area contributed by atoms with Crippen molar-refractivity contribution in [3.05, 3.63) is 72.3 Å². The number of carbonyl (C=O) groups is 4. The van der Waals surface area contributed by atoms with Gasteiger partial charge in [-0.05, 0) is 68.7 Å². The van der Waals surface area contributed by atoms with Crippen molar-refractivity contribution >= 4 is 24.1 Å². The number of hydrogen-bond acceptors (Lipinski definition) is 7. The van der Waals surface area contributed by atoms with Crippen molar-refractivity contribution in [1.82, 2.24) is 16.0 Å². The molecule has 1 aliphatic rings. The summed E-state index contributed by atoms with van der Waals surface area (Å²) in [5.74, 6) is -0.863. The number of alkyl carbamates (subject to hydrolysis) is 2. The third kappa shape index (κ3) is 10.8. The van der Waals surface area contributed by atoms with E-state index in [1.54, 1.807) is 20.8 Å². The SMILES string of the molecule is C=CCOC(=O)CCCNC(=O)[C@H](CCCCNC(=O)OC(C)(C)C)NC(=O)OCC1c2ccccc2-c2ccccc21. The molecule has 0 fully saturated rings. The predicted molar refractivity (Wildman–Crippen MR) is 163 cm³/mol. The van der Waals surface area contributed by atoms with Crippen LogP contribution in [0.5, 0.6) is 0 Å². The van der Waals surface area contributed by atoms with Gasteiger partial charge in [-0.1, -0.05) is 61.2 Å². The highest BCUT2D eigenvalue weighted by Gasteiger charge is 2.30. The average Bonchev–Trinajstić information content (AvgIpc) is 3.29. The fourth-order valence-electron chi connectivity index (χ4n) is 4.82. The quantitative estimate of drug-likeness (QED) is 0.112. The van der Waals surface area contributed by atoms with Crippen LogP contribution in [0.1, 0.15) is 69.9 Å². The second kappa shape index (κ2) is 16.3. The van der Waals surface area contributed by atoms with Gasteiger partial charge in [-0.3, -0.25) is 9.59 Å². The molecule has 0 aliphatic heterocycles. The van der Waals surface area contributed by atoms with Gasteiger partial charge in [0.05, 0.1) is 0 Å². The first-order valence-corrected chi connectivity index (χ1v) is 14.7. The Labute approximate surface area is 253 Å². The number of rotatable bonds is 15. The first-order valence-electron chi connectivity index (χ1n) is 14.7. The third-order valence-corrected chi connectivity index (χ3v) is 6.76. The minimum atomic E-state index is -0.857. The fraction of sp³-hybridized carbons (Fsp3) is 0.455. The van der Waals surface area contributed by atoms with Crippen molar-refractivity contribution in [2.75, 3.05) is 26.3 Å². The van der Waals surface area contributed by atoms with Crippen LogP contribution in [-0.2, 0) is 23.8 Å². The molecule has 232 valence electrons. The largest absolute Gasteiger partial charge is 0.461 e. The molecule has 0 saturated heterocycles. The van der Waals surface area contributed by atoms with Gasteiger partial charge in [-0.15, -0.1) is 0 Å². The van der Waals surface area contributed by atoms with Crippen molar-refractivity contribution in [3.8, 4) is 11.1 Å². The van der Waals surface area contributed by atoms with E-state index in [0.29, 0.717) is 32.2 Å². The van der Waals surface area contributed by atoms with Crippen LogP contribution in [0, 0.1) is 0 Å². The van der Waals surface area contributed by atoms with Crippen LogP contribution >= 0.6 is 0 Å². The molecule has 1 atom stereocenters. The molecule has 0 heterocycles. The minimum Gasteiger partial charge on any atom is -0.461 e. The molecule has 0 spiro atoms. The van der Waals surface area contributed by atoms with E-state index >= 15 is 0 Å². The second-order valence-electron chi connectivity index (χ2n) is 11.3. The lowest BCUT2D eigenvalue weighted by Crippen LogP contribution is -2.47. The molecule has 1 aliphatic carbocycles. The van der Waals surface area contributed by atoms with Gasteiger partial charge in [-0.2, -0.15) is 0 Å². The van der Waals surface area contributed by atoms with Crippen LogP contribution in [0.25, 0.3) is 11.1 Å². The number of nitrogens with one attached hydrogen (secondary N) is 3. The zero-order chi connectivity index (χ0) is 31.2. The molecule has 0 bridgehead atoms. The highest BCUT2D eigenvalue weighted by atomic mass is 16.6. The van der Waals surface area contributed by atoms with Gasteiger partial charge in [0.1, 0.15) is 24.9 Å². The lowest BCUT2D eigenvalue weighted by Gasteiger charge is -2.20. The number of unbranched alkanes of at least 4 members (excludes halogenated alkanes) is 1. The summed E-state index contributed by atoms with van der Waals surface area (Å²) >= 11 is 0. The number of esters is 1. The summed E-state index contributed by atoms with van der Waals surface area (Å²) in [4.78, 5) is 49.5. The Morgan fingerprint density at radius 2 is 1.49 bits per heavy atom. The summed E-state index contributed by atoms with van der Waals surface area (Å²) in [6.45, 7) is 9.73. The van der Waals surface area contributed by atoms with Crippen LogP contribution in [0.15, 0.2) is 61.2 Å². The number of hydrogen-bond donors (Lipinski definition) is 3. The normalized spacial score (nSPS) is 12.7. The highest BCUT2D eigenvalue weighted by Crippen LogP contribution is 2.44. The maximum Gasteiger partial charge on any atom is 0.407 e. The molecule has 2 aromatic rings. The van der Waals surface area contributed by atoms with E-state index in [1.165, 1.54) is 6.08 Å². The van der Waals surface area contributed by atoms with E-state index in [9.17, 15) is 19.2 Å². The van der Waals surface area contributed by atoms with Crippen LogP contribution in [-0.4, -0.2) is 62.0 Å². The van der Waals surface area contributed by atoms with E-state index in [2.05, 4.69) is 34.7 Å². The van der Waals surface area contributed by atoms with Gasteiger partial charge >= 0.3 is 18.2 Å². The summed E-state index contributed by atoms with van der Waals surface area (Å²) in [6.07, 6.45) is 2.27. The third-order valence-electron chi connectivity index (χ3n) is 6.76. The summed E-state index contributed by atoms with van der Waals surface area (Å²) < 4.78 is 15.8. The zero-order valence-corrected chi connectivity index (χ0v) is 25.3. The number of benzene rings is 2. The Bertz CT molecular complexity index is 1230. The van der Waals surface area contributed by atoms with E-state index in [1.807, 2.05) is 36.4 Å². The number of fused-ring (bicyclic) bond motifs is 3. The Morgan fingerprint density at radius 3 is 2.12 bits per heavy atom. The highest BCUT2D eigenvalue weighted by molar-refractivity contribution is 5.85. The molecule has 2 aromatic carbocycles. The molecular weight excluding hydrogens is 550 g/mol. The molecule has 0 saturated carbocycles. The fourth-order valence-corrected chi connectivity index (χ4v) is 4.82. The Morgan fingerprint density at radius 1 is 0.860 bits per heavy atom. The van der Waals surface area contributed by atoms with Crippen LogP contribution in [0.2, 0.25) is 0 Å². The van der Waals surface area contributed by atoms with Crippen molar-refractivity contribution in [2.45, 2.75) is 70.4 Å². The van der Waals surface area contributed by atoms with Gasteiger partial charge in [0.2, 0.25) is 5.91 Å². The zero-order valence-electron chi connectivity index (χ0n) is 25.3. The van der Waals surface area contributed by atoms with Gasteiger partial charge in [0, 0.05) is 25.4 Å². The summed E-state index contributed by atoms with van der Waals surface area (Å²) in [5.41, 5.74) is 3.84. The summed E-state index contributed by atoms with van der Waals surface area (Å²) in [7, 11) is 0. The minimum absolute atomic E-state index is 0.106. The Balaban J connectivity index is 1.53. The molecule has 0 aromatic heterocycles. The Kier molecular flexibility index (Phi) is 12.6. The molecule has 3 amide bonds. The maximum absolute atomic E-state index is 13.0. The maximum atomic E-state index is 13.0. The van der Waals surface area contributed by atoms with E-state index in [-0.39, 0.29) is 44.0 Å². The summed E-state index contributed by atoms with van der Waals surface area (Å²) in [5, 5.41) is 8.18. The smallest absolute Gasteiger partial charge is 0.407 e. The molecule has 0 unspecified atom stereocenters. The van der Waals surface area contributed by atoms with E-state index in [4.69, 9.17) is 14.2 Å². The van der Waals surface area contributed by atoms with Gasteiger partial charge in [-0.25, -0.2) is 9.59 Å². The summed E-state index contributed by atoms with van der Waals surface area (Å²) in [6, 6.07) is 15.3. The van der Waals surface area contributed by atoms with Crippen LogP contribution in [0.3, 0.4) is 0 Å². The van der Waals surface area contributed by atoms with E-state index < -0.39 is 23.8 Å². The molecule has 0 radical (unpaired) electrons. The molecule has 3 N–H and O–H groups in total. The number of amides is 3. The van der Waals surface area contributed by atoms with Gasteiger partial charge in [0.25, 0.3) is 0 Å². The molecule has 10 nitrogen and oxygen atoms in total. The molecule has 43 heavy (non-hydrogen) atoms. The Hall–Kier alpha value is -4.34. The lowest BCUT2D eigenvalue weighted by atomic mass is 9.98. The lowest BCUT2D eigenvalue weighted by molar-refractivity contribution is -0.142. The predicted octanol–water partition coefficient (Wildman–Crippen LogP) is 5.21. The monoisotopic (exact) mass is 593 g/mol. The molecule has 10 heteroatoms. The van der Waals surface area contributed by atoms with Crippen LogP contribution < -0.4 is 16.0 Å². The number of carbonyl (C=O) groups excluding carboxylic acids is 4. The van der Waals surface area contributed by atoms with Crippen molar-refractivity contribution < 1.29 is 33.4 Å². The second-order valence-corrected chi connectivity index (χ2v) is 11.3. The number of ether oxygens (including phenoxy) is 3. The molecular formula is C33H43N3O7. The van der Waals surface area contributed by atoms with Crippen molar-refractivity contribution in [2.24, 2.45) is 0 Å². The standard InChI is InChI=1S/C33H43N3O7/c1-5-21-41-29(37)18-12-20-34-30(38)28(17-10-11-19-35-31(39)43-33(2,3)4)36-32(40)42-22-27-25-15-8-6-13-23(25)24-14-7-9-16-26(24)27/h5-9,13-16,27-28H,1,10-12,17-22H2,2-4H3,(H,34,38)(H,35,39)(H,36,40)/t28-/m0/s1. The average molecular weight is 594 g/mol. The first-order chi connectivity index (χ1) is 20.6. The molecule has 3 rings (SSSR count). The topological polar surface area (TPSA) is 132 Å².